The molecule has 0 saturated heterocycles. The molecule has 102 valence electrons. The van der Waals surface area contributed by atoms with Gasteiger partial charge in [-0.1, -0.05) is 0 Å². The average Bonchev–Trinajstić information content (AvgIpc) is 2.75. The van der Waals surface area contributed by atoms with E-state index in [0.29, 0.717) is 0 Å². The third-order valence-electron chi connectivity index (χ3n) is 2.78. The molecule has 0 aliphatic heterocycles. The van der Waals surface area contributed by atoms with Crippen molar-refractivity contribution in [3.63, 3.8) is 0 Å². The first-order valence-corrected chi connectivity index (χ1v) is 7.54. The number of aromatic nitrogens is 1. The Morgan fingerprint density at radius 1 is 1.42 bits per heavy atom. The van der Waals surface area contributed by atoms with Gasteiger partial charge in [0.05, 0.1) is 11.3 Å². The average molecular weight is 342 g/mol. The molecule has 0 aliphatic rings. The minimum Gasteiger partial charge on any atom is -0.387 e. The molecular weight excluding hydrogens is 326 g/mol. The molecule has 0 aliphatic carbocycles. The lowest BCUT2D eigenvalue weighted by Crippen LogP contribution is -2.30. The third-order valence-corrected chi connectivity index (χ3v) is 4.52. The Morgan fingerprint density at radius 3 is 2.68 bits per heavy atom. The van der Waals surface area contributed by atoms with E-state index in [4.69, 9.17) is 4.74 Å². The Hall–Kier alpha value is -0.750. The molecule has 1 N–H and O–H groups in total. The van der Waals surface area contributed by atoms with Crippen molar-refractivity contribution >= 4 is 27.3 Å². The molecule has 0 saturated carbocycles. The summed E-state index contributed by atoms with van der Waals surface area (Å²) in [6.07, 6.45) is 1.30. The number of thiophene rings is 1. The highest BCUT2D eigenvalue weighted by atomic mass is 79.9. The first-order valence-electron chi connectivity index (χ1n) is 5.87. The summed E-state index contributed by atoms with van der Waals surface area (Å²) >= 11 is 5.11. The van der Waals surface area contributed by atoms with Crippen LogP contribution in [0.25, 0.3) is 10.4 Å². The van der Waals surface area contributed by atoms with E-state index in [0.717, 1.165) is 20.6 Å². The van der Waals surface area contributed by atoms with Crippen LogP contribution in [-0.2, 0) is 4.74 Å². The second-order valence-electron chi connectivity index (χ2n) is 4.87. The van der Waals surface area contributed by atoms with Gasteiger partial charge in [-0.3, -0.25) is 4.98 Å². The van der Waals surface area contributed by atoms with E-state index in [1.807, 2.05) is 17.5 Å². The van der Waals surface area contributed by atoms with Gasteiger partial charge in [0.15, 0.2) is 0 Å². The summed E-state index contributed by atoms with van der Waals surface area (Å²) in [5, 5.41) is 12.2. The van der Waals surface area contributed by atoms with Crippen molar-refractivity contribution in [2.24, 2.45) is 0 Å². The molecule has 2 heterocycles. The monoisotopic (exact) mass is 341 g/mol. The molecule has 3 nitrogen and oxygen atoms in total. The van der Waals surface area contributed by atoms with Crippen LogP contribution in [0.15, 0.2) is 34.2 Å². The predicted octanol–water partition coefficient (Wildman–Crippen LogP) is 4.03. The SMILES string of the molecule is CO[C@@H](c1cc(-c2cc(Br)cs2)ccn1)C(C)(C)O. The molecular formula is C14H16BrNO2S. The Morgan fingerprint density at radius 2 is 2.16 bits per heavy atom. The van der Waals surface area contributed by atoms with Crippen LogP contribution < -0.4 is 0 Å². The minimum atomic E-state index is -0.976. The maximum Gasteiger partial charge on any atom is 0.127 e. The van der Waals surface area contributed by atoms with Crippen LogP contribution in [-0.4, -0.2) is 22.8 Å². The molecule has 0 amide bonds. The van der Waals surface area contributed by atoms with E-state index in [-0.39, 0.29) is 0 Å². The summed E-state index contributed by atoms with van der Waals surface area (Å²) < 4.78 is 6.44. The second-order valence-corrected chi connectivity index (χ2v) is 6.69. The number of rotatable bonds is 4. The fourth-order valence-corrected chi connectivity index (χ4v) is 3.41. The standard InChI is InChI=1S/C14H16BrNO2S/c1-14(2,17)13(18-3)11-6-9(4-5-16-11)12-7-10(15)8-19-12/h4-8,13,17H,1-3H3/t13-/m0/s1. The lowest BCUT2D eigenvalue weighted by atomic mass is 9.97. The summed E-state index contributed by atoms with van der Waals surface area (Å²) in [5.41, 5.74) is 0.833. The molecule has 0 unspecified atom stereocenters. The molecule has 0 spiro atoms. The van der Waals surface area contributed by atoms with Gasteiger partial charge in [0, 0.05) is 28.0 Å². The highest BCUT2D eigenvalue weighted by Crippen LogP contribution is 2.33. The van der Waals surface area contributed by atoms with Gasteiger partial charge in [0.1, 0.15) is 6.10 Å². The van der Waals surface area contributed by atoms with E-state index in [1.54, 1.807) is 38.5 Å². The van der Waals surface area contributed by atoms with E-state index >= 15 is 0 Å². The van der Waals surface area contributed by atoms with Crippen LogP contribution in [0.4, 0.5) is 0 Å². The fraction of sp³-hybridized carbons (Fsp3) is 0.357. The van der Waals surface area contributed by atoms with Crippen molar-refractivity contribution in [1.29, 1.82) is 0 Å². The van der Waals surface area contributed by atoms with Crippen LogP contribution in [0.1, 0.15) is 25.6 Å². The van der Waals surface area contributed by atoms with Gasteiger partial charge in [-0.15, -0.1) is 11.3 Å². The minimum absolute atomic E-state index is 0.448. The van der Waals surface area contributed by atoms with Crippen LogP contribution in [0, 0.1) is 0 Å². The first kappa shape index (κ1) is 14.7. The Balaban J connectivity index is 2.39. The quantitative estimate of drug-likeness (QED) is 0.912. The molecule has 2 aromatic heterocycles. The van der Waals surface area contributed by atoms with E-state index in [1.165, 1.54) is 0 Å². The second kappa shape index (κ2) is 5.71. The fourth-order valence-electron chi connectivity index (χ4n) is 1.98. The molecule has 0 bridgehead atoms. The van der Waals surface area contributed by atoms with Crippen molar-refractivity contribution in [2.75, 3.05) is 7.11 Å². The van der Waals surface area contributed by atoms with E-state index < -0.39 is 11.7 Å². The number of hydrogen-bond donors (Lipinski definition) is 1. The molecule has 2 rings (SSSR count). The number of hydrogen-bond acceptors (Lipinski definition) is 4. The Labute approximate surface area is 125 Å². The van der Waals surface area contributed by atoms with Crippen molar-refractivity contribution in [3.8, 4) is 10.4 Å². The predicted molar refractivity (Wildman–Crippen MR) is 81.3 cm³/mol. The number of nitrogens with zero attached hydrogens (tertiary/aromatic N) is 1. The van der Waals surface area contributed by atoms with Gasteiger partial charge in [-0.25, -0.2) is 0 Å². The van der Waals surface area contributed by atoms with Gasteiger partial charge in [-0.05, 0) is 53.5 Å². The number of pyridine rings is 1. The maximum atomic E-state index is 10.1. The highest BCUT2D eigenvalue weighted by Gasteiger charge is 2.29. The summed E-state index contributed by atoms with van der Waals surface area (Å²) in [6.45, 7) is 3.44. The molecule has 19 heavy (non-hydrogen) atoms. The number of halogens is 1. The van der Waals surface area contributed by atoms with Crippen LogP contribution in [0.2, 0.25) is 0 Å². The summed E-state index contributed by atoms with van der Waals surface area (Å²) in [7, 11) is 1.58. The van der Waals surface area contributed by atoms with Crippen molar-refractivity contribution < 1.29 is 9.84 Å². The molecule has 2 aromatic rings. The van der Waals surface area contributed by atoms with Gasteiger partial charge in [0.25, 0.3) is 0 Å². The van der Waals surface area contributed by atoms with Gasteiger partial charge < -0.3 is 9.84 Å². The molecule has 0 aromatic carbocycles. The first-order chi connectivity index (χ1) is 8.91. The summed E-state index contributed by atoms with van der Waals surface area (Å²) in [5.74, 6) is 0. The normalized spacial score (nSPS) is 13.5. The Kier molecular flexibility index (Phi) is 4.40. The summed E-state index contributed by atoms with van der Waals surface area (Å²) in [4.78, 5) is 5.47. The highest BCUT2D eigenvalue weighted by molar-refractivity contribution is 9.10. The molecule has 1 atom stereocenters. The number of methoxy groups -OCH3 is 1. The lowest BCUT2D eigenvalue weighted by Gasteiger charge is -2.27. The van der Waals surface area contributed by atoms with Gasteiger partial charge in [-0.2, -0.15) is 0 Å². The van der Waals surface area contributed by atoms with E-state index in [2.05, 4.69) is 27.0 Å². The topological polar surface area (TPSA) is 42.4 Å². The van der Waals surface area contributed by atoms with Crippen molar-refractivity contribution in [3.05, 3.63) is 39.9 Å². The lowest BCUT2D eigenvalue weighted by molar-refractivity contribution is -0.0740. The number of ether oxygens (including phenoxy) is 1. The van der Waals surface area contributed by atoms with E-state index in [9.17, 15) is 5.11 Å². The van der Waals surface area contributed by atoms with Crippen LogP contribution in [0.5, 0.6) is 0 Å². The maximum absolute atomic E-state index is 10.1. The zero-order valence-electron chi connectivity index (χ0n) is 11.1. The number of aliphatic hydroxyl groups is 1. The summed E-state index contributed by atoms with van der Waals surface area (Å²) in [6, 6.07) is 5.99. The largest absolute Gasteiger partial charge is 0.387 e. The molecule has 5 heteroatoms. The van der Waals surface area contributed by atoms with Crippen molar-refractivity contribution in [2.45, 2.75) is 25.6 Å². The smallest absolute Gasteiger partial charge is 0.127 e. The Bertz CT molecular complexity index is 563. The zero-order valence-corrected chi connectivity index (χ0v) is 13.5. The van der Waals surface area contributed by atoms with Crippen LogP contribution in [0.3, 0.4) is 0 Å². The molecule has 0 fully saturated rings. The molecule has 0 radical (unpaired) electrons. The zero-order chi connectivity index (χ0) is 14.0. The third kappa shape index (κ3) is 3.42. The van der Waals surface area contributed by atoms with Gasteiger partial charge in [0.2, 0.25) is 0 Å². The van der Waals surface area contributed by atoms with Crippen molar-refractivity contribution in [1.82, 2.24) is 4.98 Å². The van der Waals surface area contributed by atoms with Crippen LogP contribution >= 0.6 is 27.3 Å². The van der Waals surface area contributed by atoms with Gasteiger partial charge >= 0.3 is 0 Å².